The molecule has 0 bridgehead atoms. The summed E-state index contributed by atoms with van der Waals surface area (Å²) in [6.45, 7) is 1.74. The highest BCUT2D eigenvalue weighted by atomic mass is 35.5. The molecular weight excluding hydrogens is 324 g/mol. The average Bonchev–Trinajstić information content (AvgIpc) is 2.55. The average molecular weight is 341 g/mol. The van der Waals surface area contributed by atoms with Gasteiger partial charge in [-0.3, -0.25) is 9.59 Å². The van der Waals surface area contributed by atoms with Crippen LogP contribution >= 0.6 is 0 Å². The van der Waals surface area contributed by atoms with E-state index < -0.39 is 0 Å². The van der Waals surface area contributed by atoms with Gasteiger partial charge >= 0.3 is 0 Å². The molecule has 0 aliphatic rings. The van der Waals surface area contributed by atoms with E-state index in [0.717, 1.165) is 10.8 Å². The molecule has 0 saturated heterocycles. The molecule has 0 unspecified atom stereocenters. The van der Waals surface area contributed by atoms with Gasteiger partial charge in [-0.1, -0.05) is 18.2 Å². The van der Waals surface area contributed by atoms with Crippen LogP contribution in [-0.2, 0) is 11.3 Å². The normalized spacial score (nSPS) is 10.0. The van der Waals surface area contributed by atoms with Gasteiger partial charge in [0, 0.05) is 29.6 Å². The zero-order chi connectivity index (χ0) is 16.2. The summed E-state index contributed by atoms with van der Waals surface area (Å²) in [6.07, 6.45) is 3.88. The number of rotatable bonds is 4. The van der Waals surface area contributed by atoms with Crippen molar-refractivity contribution in [3.05, 3.63) is 72.6 Å². The number of nitrogens with one attached hydrogen (secondary N) is 1. The Labute approximate surface area is 146 Å². The summed E-state index contributed by atoms with van der Waals surface area (Å²) in [5.74, 6) is -0.101. The van der Waals surface area contributed by atoms with Crippen LogP contribution in [0.3, 0.4) is 0 Å². The number of benzene rings is 2. The molecule has 0 aliphatic carbocycles. The molecule has 4 nitrogen and oxygen atoms in total. The zero-order valence-electron chi connectivity index (χ0n) is 13.2. The fourth-order valence-electron chi connectivity index (χ4n) is 2.48. The number of anilines is 1. The quantitative estimate of drug-likeness (QED) is 0.536. The summed E-state index contributed by atoms with van der Waals surface area (Å²) in [5, 5.41) is 4.93. The van der Waals surface area contributed by atoms with Crippen molar-refractivity contribution in [2.45, 2.75) is 13.5 Å². The maximum Gasteiger partial charge on any atom is 0.227 e. The molecule has 122 valence electrons. The Kier molecular flexibility index (Phi) is 5.66. The van der Waals surface area contributed by atoms with E-state index in [1.807, 2.05) is 47.3 Å². The summed E-state index contributed by atoms with van der Waals surface area (Å²) in [7, 11) is 0. The third-order valence-corrected chi connectivity index (χ3v) is 3.60. The minimum Gasteiger partial charge on any atom is -1.00 e. The van der Waals surface area contributed by atoms with E-state index in [4.69, 9.17) is 0 Å². The topological polar surface area (TPSA) is 50.1 Å². The number of hydrogen-bond donors (Lipinski definition) is 1. The number of halogens is 1. The number of Topliss-reactive ketones (excluding diaryl/α,β-unsaturated/α-hetero) is 1. The first-order chi connectivity index (χ1) is 11.1. The highest BCUT2D eigenvalue weighted by Gasteiger charge is 2.12. The molecule has 1 amide bonds. The number of fused-ring (bicyclic) bond motifs is 1. The van der Waals surface area contributed by atoms with Gasteiger partial charge in [0.1, 0.15) is 0 Å². The van der Waals surface area contributed by atoms with Crippen molar-refractivity contribution in [3.63, 3.8) is 0 Å². The van der Waals surface area contributed by atoms with E-state index in [-0.39, 0.29) is 30.6 Å². The van der Waals surface area contributed by atoms with Gasteiger partial charge < -0.3 is 17.7 Å². The molecule has 0 atom stereocenters. The minimum absolute atomic E-state index is 0. The molecule has 3 aromatic rings. The zero-order valence-corrected chi connectivity index (χ0v) is 14.0. The lowest BCUT2D eigenvalue weighted by Crippen LogP contribution is -3.00. The van der Waals surface area contributed by atoms with Gasteiger partial charge in [0.15, 0.2) is 12.4 Å². The van der Waals surface area contributed by atoms with Crippen LogP contribution in [0.1, 0.15) is 17.3 Å². The van der Waals surface area contributed by atoms with E-state index in [0.29, 0.717) is 11.3 Å². The van der Waals surface area contributed by atoms with Crippen molar-refractivity contribution in [1.82, 2.24) is 0 Å². The van der Waals surface area contributed by atoms with Crippen LogP contribution in [-0.4, -0.2) is 11.7 Å². The Balaban J connectivity index is 0.00000208. The Morgan fingerprint density at radius 2 is 1.62 bits per heavy atom. The highest BCUT2D eigenvalue weighted by molar-refractivity contribution is 5.96. The predicted molar refractivity (Wildman–Crippen MR) is 89.2 cm³/mol. The number of nitrogens with zero attached hydrogens (tertiary/aromatic N) is 1. The fourth-order valence-corrected chi connectivity index (χ4v) is 2.48. The van der Waals surface area contributed by atoms with E-state index >= 15 is 0 Å². The molecule has 1 N–H and O–H groups in total. The van der Waals surface area contributed by atoms with Gasteiger partial charge in [-0.05, 0) is 35.7 Å². The van der Waals surface area contributed by atoms with Gasteiger partial charge in [0.2, 0.25) is 18.2 Å². The van der Waals surface area contributed by atoms with E-state index in [9.17, 15) is 9.59 Å². The second-order valence-electron chi connectivity index (χ2n) is 5.43. The number of aromatic nitrogens is 1. The van der Waals surface area contributed by atoms with Gasteiger partial charge in [0.05, 0.1) is 0 Å². The van der Waals surface area contributed by atoms with Crippen molar-refractivity contribution < 1.29 is 26.6 Å². The summed E-state index contributed by atoms with van der Waals surface area (Å²) < 4.78 is 1.88. The molecule has 24 heavy (non-hydrogen) atoms. The van der Waals surface area contributed by atoms with Crippen LogP contribution in [0.25, 0.3) is 10.8 Å². The molecule has 0 aliphatic heterocycles. The highest BCUT2D eigenvalue weighted by Crippen LogP contribution is 2.11. The Bertz CT molecular complexity index is 876. The monoisotopic (exact) mass is 340 g/mol. The van der Waals surface area contributed by atoms with Crippen LogP contribution < -0.4 is 22.3 Å². The van der Waals surface area contributed by atoms with Crippen LogP contribution in [0.2, 0.25) is 0 Å². The first kappa shape index (κ1) is 17.6. The predicted octanol–water partition coefficient (Wildman–Crippen LogP) is -0.0274. The molecular formula is C19H17ClN2O2. The molecule has 1 heterocycles. The molecule has 0 radical (unpaired) electrons. The van der Waals surface area contributed by atoms with Crippen LogP contribution in [0, 0.1) is 0 Å². The third-order valence-electron chi connectivity index (χ3n) is 3.60. The second kappa shape index (κ2) is 7.70. The van der Waals surface area contributed by atoms with Gasteiger partial charge in [0.25, 0.3) is 0 Å². The van der Waals surface area contributed by atoms with Gasteiger partial charge in [-0.15, -0.1) is 0 Å². The van der Waals surface area contributed by atoms with Crippen LogP contribution in [0.4, 0.5) is 5.69 Å². The Morgan fingerprint density at radius 1 is 0.958 bits per heavy atom. The second-order valence-corrected chi connectivity index (χ2v) is 5.43. The lowest BCUT2D eigenvalue weighted by atomic mass is 10.1. The first-order valence-electron chi connectivity index (χ1n) is 7.40. The number of hydrogen-bond acceptors (Lipinski definition) is 2. The van der Waals surface area contributed by atoms with Crippen molar-refractivity contribution in [1.29, 1.82) is 0 Å². The van der Waals surface area contributed by atoms with Gasteiger partial charge in [-0.25, -0.2) is 0 Å². The third kappa shape index (κ3) is 4.18. The Hall–Kier alpha value is -2.72. The summed E-state index contributed by atoms with van der Waals surface area (Å²) in [5.41, 5.74) is 1.31. The van der Waals surface area contributed by atoms with E-state index in [1.165, 1.54) is 6.92 Å². The van der Waals surface area contributed by atoms with Crippen LogP contribution in [0.15, 0.2) is 67.0 Å². The lowest BCUT2D eigenvalue weighted by Gasteiger charge is -2.03. The van der Waals surface area contributed by atoms with Crippen LogP contribution in [0.5, 0.6) is 0 Å². The lowest BCUT2D eigenvalue weighted by molar-refractivity contribution is -0.681. The molecule has 2 aromatic carbocycles. The number of amides is 1. The molecule has 1 aromatic heterocycles. The Morgan fingerprint density at radius 3 is 2.29 bits per heavy atom. The maximum absolute atomic E-state index is 12.4. The fraction of sp³-hybridized carbons (Fsp3) is 0.105. The van der Waals surface area contributed by atoms with E-state index in [2.05, 4.69) is 5.32 Å². The van der Waals surface area contributed by atoms with Crippen molar-refractivity contribution >= 4 is 28.2 Å². The largest absolute Gasteiger partial charge is 1.00 e. The molecule has 5 heteroatoms. The number of ketones is 1. The summed E-state index contributed by atoms with van der Waals surface area (Å²) in [4.78, 5) is 23.4. The molecule has 0 saturated carbocycles. The minimum atomic E-state index is -0.129. The molecule has 0 spiro atoms. The van der Waals surface area contributed by atoms with Crippen molar-refractivity contribution in [2.24, 2.45) is 0 Å². The molecule has 3 rings (SSSR count). The SMILES string of the molecule is CC(=O)Nc1ccc(C(=O)C[n+]2ccc3ccccc3c2)cc1.[Cl-]. The standard InChI is InChI=1S/C19H16N2O2.ClH/c1-14(22)20-18-8-6-16(7-9-18)19(23)13-21-11-10-15-4-2-3-5-17(15)12-21;/h2-12H,13H2,1H3;1H. The summed E-state index contributed by atoms with van der Waals surface area (Å²) in [6, 6.07) is 17.0. The number of carbonyl (C=O) groups is 2. The maximum atomic E-state index is 12.4. The smallest absolute Gasteiger partial charge is 0.227 e. The van der Waals surface area contributed by atoms with E-state index in [1.54, 1.807) is 24.3 Å². The van der Waals surface area contributed by atoms with Gasteiger partial charge in [-0.2, -0.15) is 4.57 Å². The summed E-state index contributed by atoms with van der Waals surface area (Å²) >= 11 is 0. The van der Waals surface area contributed by atoms with Crippen molar-refractivity contribution in [2.75, 3.05) is 5.32 Å². The number of carbonyl (C=O) groups excluding carboxylic acids is 2. The molecule has 0 fully saturated rings. The van der Waals surface area contributed by atoms with Crippen molar-refractivity contribution in [3.8, 4) is 0 Å². The number of pyridine rings is 1. The first-order valence-corrected chi connectivity index (χ1v) is 7.40.